The van der Waals surface area contributed by atoms with Crippen molar-refractivity contribution in [3.05, 3.63) is 21.0 Å². The van der Waals surface area contributed by atoms with Crippen LogP contribution in [-0.2, 0) is 4.74 Å². The van der Waals surface area contributed by atoms with Crippen molar-refractivity contribution in [1.82, 2.24) is 10.3 Å². The molecule has 0 aromatic carbocycles. The predicted octanol–water partition coefficient (Wildman–Crippen LogP) is 2.76. The van der Waals surface area contributed by atoms with Gasteiger partial charge in [-0.1, -0.05) is 19.0 Å². The number of ether oxygens (including phenoxy) is 1. The lowest BCUT2D eigenvalue weighted by Crippen LogP contribution is -2.32. The van der Waals surface area contributed by atoms with Crippen LogP contribution in [0.4, 0.5) is 0 Å². The third kappa shape index (κ3) is 4.35. The number of nitrogens with zero attached hydrogens (tertiary/aromatic N) is 2. The van der Waals surface area contributed by atoms with Gasteiger partial charge in [-0.05, 0) is 26.3 Å². The van der Waals surface area contributed by atoms with Gasteiger partial charge in [-0.15, -0.1) is 11.3 Å². The molecule has 0 aliphatic rings. The van der Waals surface area contributed by atoms with Crippen LogP contribution in [0.25, 0.3) is 0 Å². The summed E-state index contributed by atoms with van der Waals surface area (Å²) in [6.07, 6.45) is 0.563. The monoisotopic (exact) mass is 299 g/mol. The minimum Gasteiger partial charge on any atom is -0.461 e. The van der Waals surface area contributed by atoms with Gasteiger partial charge in [0.25, 0.3) is 0 Å². The highest BCUT2D eigenvalue weighted by molar-refractivity contribution is 7.09. The molecule has 0 aliphatic carbocycles. The second-order valence-corrected chi connectivity index (χ2v) is 5.68. The Hall–Kier alpha value is -1.34. The number of hydrogen-bond donors (Lipinski definition) is 1. The number of carbonyl (C=O) groups is 1. The van der Waals surface area contributed by atoms with Crippen molar-refractivity contribution in [2.45, 2.75) is 39.3 Å². The van der Waals surface area contributed by atoms with E-state index in [4.69, 9.17) is 4.74 Å². The predicted molar refractivity (Wildman–Crippen MR) is 78.9 cm³/mol. The Kier molecular flexibility index (Phi) is 6.74. The third-order valence-electron chi connectivity index (χ3n) is 3.07. The van der Waals surface area contributed by atoms with Crippen LogP contribution in [0.5, 0.6) is 0 Å². The largest absolute Gasteiger partial charge is 0.461 e. The second kappa shape index (κ2) is 8.06. The van der Waals surface area contributed by atoms with Crippen molar-refractivity contribution in [2.75, 3.05) is 13.7 Å². The van der Waals surface area contributed by atoms with Gasteiger partial charge in [-0.2, -0.15) is 4.91 Å². The Morgan fingerprint density at radius 1 is 1.55 bits per heavy atom. The Bertz CT molecular complexity index is 448. The van der Waals surface area contributed by atoms with Crippen molar-refractivity contribution in [1.29, 1.82) is 0 Å². The maximum absolute atomic E-state index is 11.6. The first kappa shape index (κ1) is 16.7. The van der Waals surface area contributed by atoms with E-state index in [0.717, 1.165) is 0 Å². The van der Waals surface area contributed by atoms with Gasteiger partial charge in [0, 0.05) is 11.4 Å². The van der Waals surface area contributed by atoms with Crippen molar-refractivity contribution in [2.24, 2.45) is 11.1 Å². The molecule has 0 unspecified atom stereocenters. The molecular weight excluding hydrogens is 278 g/mol. The lowest BCUT2D eigenvalue weighted by molar-refractivity contribution is 0.0520. The summed E-state index contributed by atoms with van der Waals surface area (Å²) in [7, 11) is 1.86. The van der Waals surface area contributed by atoms with E-state index in [0.29, 0.717) is 24.0 Å². The third-order valence-corrected chi connectivity index (χ3v) is 4.02. The van der Waals surface area contributed by atoms with Crippen molar-refractivity contribution in [3.8, 4) is 0 Å². The SMILES string of the molecule is CCOC(=O)c1csc([C@@H](C[C@@H](NC)C(C)C)N=O)n1. The molecule has 0 radical (unpaired) electrons. The van der Waals surface area contributed by atoms with Gasteiger partial charge in [0.05, 0.1) is 6.61 Å². The van der Waals surface area contributed by atoms with Gasteiger partial charge in [0.1, 0.15) is 11.0 Å². The van der Waals surface area contributed by atoms with Gasteiger partial charge < -0.3 is 10.1 Å². The van der Waals surface area contributed by atoms with Gasteiger partial charge in [-0.25, -0.2) is 9.78 Å². The average Bonchev–Trinajstić information content (AvgIpc) is 2.89. The fourth-order valence-electron chi connectivity index (χ4n) is 1.89. The Morgan fingerprint density at radius 3 is 2.75 bits per heavy atom. The van der Waals surface area contributed by atoms with E-state index in [2.05, 4.69) is 29.3 Å². The van der Waals surface area contributed by atoms with Crippen LogP contribution in [0, 0.1) is 10.8 Å². The first-order chi connectivity index (χ1) is 9.53. The number of aromatic nitrogens is 1. The number of nitroso groups, excluding NO2 is 1. The van der Waals surface area contributed by atoms with Crippen molar-refractivity contribution in [3.63, 3.8) is 0 Å². The molecule has 1 aromatic heterocycles. The smallest absolute Gasteiger partial charge is 0.357 e. The summed E-state index contributed by atoms with van der Waals surface area (Å²) in [6.45, 7) is 6.20. The standard InChI is InChI=1S/C13H21N3O3S/c1-5-19-13(17)11-7-20-12(15-11)10(16-18)6-9(14-4)8(2)3/h7-10,14H,5-6H2,1-4H3/t9-,10-/m1/s1. The number of rotatable bonds is 8. The highest BCUT2D eigenvalue weighted by Gasteiger charge is 2.24. The van der Waals surface area contributed by atoms with E-state index in [9.17, 15) is 9.70 Å². The summed E-state index contributed by atoms with van der Waals surface area (Å²) in [6, 6.07) is -0.365. The molecule has 1 rings (SSSR count). The molecule has 0 spiro atoms. The zero-order valence-corrected chi connectivity index (χ0v) is 13.1. The molecule has 1 aromatic rings. The highest BCUT2D eigenvalue weighted by atomic mass is 32.1. The van der Waals surface area contributed by atoms with Crippen LogP contribution in [0.3, 0.4) is 0 Å². The molecule has 7 heteroatoms. The second-order valence-electron chi connectivity index (χ2n) is 4.79. The summed E-state index contributed by atoms with van der Waals surface area (Å²) in [5, 5.41) is 8.49. The number of carbonyl (C=O) groups excluding carboxylic acids is 1. The quantitative estimate of drug-likeness (QED) is 0.589. The van der Waals surface area contributed by atoms with Gasteiger partial charge >= 0.3 is 5.97 Å². The van der Waals surface area contributed by atoms with E-state index in [1.165, 1.54) is 11.3 Å². The molecule has 0 bridgehead atoms. The molecule has 20 heavy (non-hydrogen) atoms. The summed E-state index contributed by atoms with van der Waals surface area (Å²) < 4.78 is 4.88. The average molecular weight is 299 g/mol. The zero-order valence-electron chi connectivity index (χ0n) is 12.3. The van der Waals surface area contributed by atoms with E-state index < -0.39 is 12.0 Å². The van der Waals surface area contributed by atoms with Gasteiger partial charge in [-0.3, -0.25) is 0 Å². The maximum atomic E-state index is 11.6. The van der Waals surface area contributed by atoms with Gasteiger partial charge in [0.2, 0.25) is 0 Å². The maximum Gasteiger partial charge on any atom is 0.357 e. The lowest BCUT2D eigenvalue weighted by Gasteiger charge is -2.21. The molecule has 0 fully saturated rings. The van der Waals surface area contributed by atoms with Gasteiger partial charge in [0.15, 0.2) is 5.69 Å². The number of hydrogen-bond acceptors (Lipinski definition) is 7. The first-order valence-electron chi connectivity index (χ1n) is 6.65. The van der Waals surface area contributed by atoms with Crippen molar-refractivity contribution < 1.29 is 9.53 Å². The molecule has 1 heterocycles. The highest BCUT2D eigenvalue weighted by Crippen LogP contribution is 2.27. The molecule has 0 amide bonds. The summed E-state index contributed by atoms with van der Waals surface area (Å²) in [5.74, 6) is -0.0811. The zero-order chi connectivity index (χ0) is 15.1. The molecule has 6 nitrogen and oxygen atoms in total. The number of esters is 1. The van der Waals surface area contributed by atoms with E-state index in [-0.39, 0.29) is 11.7 Å². The van der Waals surface area contributed by atoms with Crippen LogP contribution in [0.1, 0.15) is 48.7 Å². The molecular formula is C13H21N3O3S. The molecule has 0 aliphatic heterocycles. The summed E-state index contributed by atoms with van der Waals surface area (Å²) in [5.41, 5.74) is 0.242. The molecule has 1 N–H and O–H groups in total. The minimum atomic E-state index is -0.539. The lowest BCUT2D eigenvalue weighted by atomic mass is 9.97. The molecule has 0 saturated carbocycles. The Morgan fingerprint density at radius 2 is 2.25 bits per heavy atom. The number of nitrogens with one attached hydrogen (secondary N) is 1. The summed E-state index contributed by atoms with van der Waals surface area (Å²) in [4.78, 5) is 26.8. The molecule has 2 atom stereocenters. The van der Waals surface area contributed by atoms with E-state index in [1.54, 1.807) is 12.3 Å². The van der Waals surface area contributed by atoms with Crippen LogP contribution in [-0.4, -0.2) is 30.6 Å². The molecule has 0 saturated heterocycles. The topological polar surface area (TPSA) is 80.6 Å². The normalized spacial score (nSPS) is 14.1. The van der Waals surface area contributed by atoms with Crippen molar-refractivity contribution >= 4 is 17.3 Å². The Balaban J connectivity index is 2.80. The summed E-state index contributed by atoms with van der Waals surface area (Å²) >= 11 is 1.27. The van der Waals surface area contributed by atoms with Crippen LogP contribution < -0.4 is 5.32 Å². The minimum absolute atomic E-state index is 0.174. The first-order valence-corrected chi connectivity index (χ1v) is 7.53. The fourth-order valence-corrected chi connectivity index (χ4v) is 2.72. The molecule has 112 valence electrons. The van der Waals surface area contributed by atoms with Crippen LogP contribution in [0.15, 0.2) is 10.6 Å². The van der Waals surface area contributed by atoms with E-state index in [1.807, 2.05) is 7.05 Å². The van der Waals surface area contributed by atoms with Crippen LogP contribution in [0.2, 0.25) is 0 Å². The van der Waals surface area contributed by atoms with Crippen LogP contribution >= 0.6 is 11.3 Å². The Labute approximate surface area is 122 Å². The van der Waals surface area contributed by atoms with E-state index >= 15 is 0 Å². The fraction of sp³-hybridized carbons (Fsp3) is 0.692. The number of thiazole rings is 1.